The summed E-state index contributed by atoms with van der Waals surface area (Å²) in [7, 11) is 1.66. The Morgan fingerprint density at radius 2 is 1.73 bits per heavy atom. The van der Waals surface area contributed by atoms with Crippen LogP contribution in [-0.2, 0) is 19.7 Å². The summed E-state index contributed by atoms with van der Waals surface area (Å²) < 4.78 is 10.9. The lowest BCUT2D eigenvalue weighted by atomic mass is 10.1. The number of aliphatic hydroxyl groups excluding tert-OH is 1. The van der Waals surface area contributed by atoms with Gasteiger partial charge in [0.15, 0.2) is 0 Å². The Morgan fingerprint density at radius 3 is 2.45 bits per heavy atom. The zero-order valence-electron chi connectivity index (χ0n) is 12.8. The van der Waals surface area contributed by atoms with Crippen molar-refractivity contribution in [2.24, 2.45) is 0 Å². The minimum absolute atomic E-state index is 0.105. The minimum Gasteiger partial charge on any atom is -0.497 e. The molecule has 3 rings (SSSR count). The molecule has 4 heteroatoms. The molecular weight excluding hydrogens is 278 g/mol. The second kappa shape index (κ2) is 6.81. The van der Waals surface area contributed by atoms with E-state index >= 15 is 0 Å². The van der Waals surface area contributed by atoms with Crippen molar-refractivity contribution in [3.63, 3.8) is 0 Å². The Balaban J connectivity index is 1.49. The van der Waals surface area contributed by atoms with Crippen molar-refractivity contribution in [2.45, 2.75) is 19.7 Å². The Bertz CT molecular complexity index is 625. The van der Waals surface area contributed by atoms with E-state index in [4.69, 9.17) is 9.47 Å². The maximum Gasteiger partial charge on any atom is 0.119 e. The Morgan fingerprint density at radius 1 is 1.00 bits per heavy atom. The summed E-state index contributed by atoms with van der Waals surface area (Å²) in [6.07, 6.45) is 0. The van der Waals surface area contributed by atoms with Gasteiger partial charge in [-0.3, -0.25) is 4.90 Å². The van der Waals surface area contributed by atoms with E-state index in [0.29, 0.717) is 6.61 Å². The first-order valence-electron chi connectivity index (χ1n) is 7.49. The van der Waals surface area contributed by atoms with Crippen molar-refractivity contribution >= 4 is 0 Å². The Hall–Kier alpha value is -2.04. The van der Waals surface area contributed by atoms with Crippen molar-refractivity contribution < 1.29 is 14.6 Å². The highest BCUT2D eigenvalue weighted by Crippen LogP contribution is 2.24. The van der Waals surface area contributed by atoms with Crippen LogP contribution in [0.3, 0.4) is 0 Å². The van der Waals surface area contributed by atoms with Gasteiger partial charge in [-0.25, -0.2) is 0 Å². The second-order valence-electron chi connectivity index (χ2n) is 5.50. The van der Waals surface area contributed by atoms with Gasteiger partial charge in [0.05, 0.1) is 13.7 Å². The zero-order chi connectivity index (χ0) is 15.4. The van der Waals surface area contributed by atoms with Gasteiger partial charge in [-0.2, -0.15) is 0 Å². The zero-order valence-corrected chi connectivity index (χ0v) is 12.8. The van der Waals surface area contributed by atoms with Crippen LogP contribution in [0.25, 0.3) is 0 Å². The molecule has 116 valence electrons. The van der Waals surface area contributed by atoms with Gasteiger partial charge in [0, 0.05) is 19.6 Å². The lowest BCUT2D eigenvalue weighted by Gasteiger charge is -2.15. The van der Waals surface area contributed by atoms with Crippen LogP contribution in [0.4, 0.5) is 0 Å². The summed E-state index contributed by atoms with van der Waals surface area (Å²) >= 11 is 0. The predicted molar refractivity (Wildman–Crippen MR) is 85.0 cm³/mol. The molecule has 4 nitrogen and oxygen atoms in total. The van der Waals surface area contributed by atoms with E-state index in [1.165, 1.54) is 11.1 Å². The summed E-state index contributed by atoms with van der Waals surface area (Å²) in [6.45, 7) is 3.53. The molecule has 1 heterocycles. The van der Waals surface area contributed by atoms with E-state index in [1.54, 1.807) is 7.11 Å². The van der Waals surface area contributed by atoms with Crippen LogP contribution < -0.4 is 9.47 Å². The van der Waals surface area contributed by atoms with Crippen LogP contribution in [0, 0.1) is 0 Å². The number of hydrogen-bond acceptors (Lipinski definition) is 4. The second-order valence-corrected chi connectivity index (χ2v) is 5.50. The van der Waals surface area contributed by atoms with Crippen LogP contribution in [0.5, 0.6) is 11.5 Å². The van der Waals surface area contributed by atoms with E-state index in [9.17, 15) is 5.11 Å². The monoisotopic (exact) mass is 299 g/mol. The number of methoxy groups -OCH3 is 1. The molecule has 0 atom stereocenters. The highest BCUT2D eigenvalue weighted by molar-refractivity contribution is 5.34. The lowest BCUT2D eigenvalue weighted by Crippen LogP contribution is -2.22. The number of rotatable bonds is 6. The van der Waals surface area contributed by atoms with Crippen LogP contribution in [0.1, 0.15) is 16.7 Å². The van der Waals surface area contributed by atoms with Gasteiger partial charge >= 0.3 is 0 Å². The van der Waals surface area contributed by atoms with E-state index in [-0.39, 0.29) is 6.61 Å². The third-order valence-corrected chi connectivity index (χ3v) is 3.98. The number of aliphatic hydroxyl groups is 1. The maximum atomic E-state index is 9.20. The molecule has 2 aromatic rings. The molecule has 22 heavy (non-hydrogen) atoms. The van der Waals surface area contributed by atoms with Gasteiger partial charge in [-0.05, 0) is 41.0 Å². The molecule has 0 aliphatic carbocycles. The van der Waals surface area contributed by atoms with Gasteiger partial charge in [0.1, 0.15) is 18.1 Å². The third-order valence-electron chi connectivity index (χ3n) is 3.98. The fraction of sp³-hybridized carbons (Fsp3) is 0.333. The molecule has 0 aromatic heterocycles. The van der Waals surface area contributed by atoms with Gasteiger partial charge in [0.2, 0.25) is 0 Å². The van der Waals surface area contributed by atoms with Gasteiger partial charge < -0.3 is 14.6 Å². The summed E-state index contributed by atoms with van der Waals surface area (Å²) in [5, 5.41) is 9.20. The minimum atomic E-state index is 0.105. The summed E-state index contributed by atoms with van der Waals surface area (Å²) in [6, 6.07) is 13.9. The third kappa shape index (κ3) is 3.40. The summed E-state index contributed by atoms with van der Waals surface area (Å²) in [5.74, 6) is 1.70. The molecule has 1 aliphatic heterocycles. The first-order valence-corrected chi connectivity index (χ1v) is 7.49. The molecular formula is C18H21NO3. The molecule has 1 N–H and O–H groups in total. The normalized spacial score (nSPS) is 13.9. The topological polar surface area (TPSA) is 41.9 Å². The fourth-order valence-corrected chi connectivity index (χ4v) is 2.74. The fourth-order valence-electron chi connectivity index (χ4n) is 2.74. The lowest BCUT2D eigenvalue weighted by molar-refractivity contribution is 0.211. The summed E-state index contributed by atoms with van der Waals surface area (Å²) in [4.78, 5) is 2.36. The van der Waals surface area contributed by atoms with E-state index in [2.05, 4.69) is 17.0 Å². The van der Waals surface area contributed by atoms with Crippen molar-refractivity contribution in [1.82, 2.24) is 4.90 Å². The molecule has 0 unspecified atom stereocenters. The molecule has 0 fully saturated rings. The number of nitrogens with zero attached hydrogens (tertiary/aromatic N) is 1. The Labute approximate surface area is 130 Å². The number of ether oxygens (including phenoxy) is 2. The molecule has 2 aromatic carbocycles. The van der Waals surface area contributed by atoms with Crippen LogP contribution in [-0.4, -0.2) is 30.3 Å². The smallest absolute Gasteiger partial charge is 0.119 e. The number of benzene rings is 2. The van der Waals surface area contributed by atoms with Gasteiger partial charge in [0.25, 0.3) is 0 Å². The largest absolute Gasteiger partial charge is 0.497 e. The average molecular weight is 299 g/mol. The molecule has 0 bridgehead atoms. The maximum absolute atomic E-state index is 9.20. The van der Waals surface area contributed by atoms with Crippen LogP contribution >= 0.6 is 0 Å². The molecule has 0 amide bonds. The number of fused-ring (bicyclic) bond motifs is 1. The van der Waals surface area contributed by atoms with E-state index in [1.807, 2.05) is 30.3 Å². The highest BCUT2D eigenvalue weighted by Gasteiger charge is 2.18. The van der Waals surface area contributed by atoms with E-state index < -0.39 is 0 Å². The first-order chi connectivity index (χ1) is 10.8. The average Bonchev–Trinajstić information content (AvgIpc) is 2.97. The molecule has 0 spiro atoms. The molecule has 1 aliphatic rings. The highest BCUT2D eigenvalue weighted by atomic mass is 16.5. The predicted octanol–water partition coefficient (Wildman–Crippen LogP) is 2.58. The van der Waals surface area contributed by atoms with Crippen molar-refractivity contribution in [3.8, 4) is 11.5 Å². The molecule has 0 saturated carbocycles. The van der Waals surface area contributed by atoms with Crippen molar-refractivity contribution in [3.05, 3.63) is 59.2 Å². The van der Waals surface area contributed by atoms with Crippen molar-refractivity contribution in [2.75, 3.05) is 20.3 Å². The van der Waals surface area contributed by atoms with Crippen LogP contribution in [0.15, 0.2) is 42.5 Å². The summed E-state index contributed by atoms with van der Waals surface area (Å²) in [5.41, 5.74) is 3.65. The Kier molecular flexibility index (Phi) is 4.61. The SMILES string of the molecule is COc1ccc(OCCN2Cc3ccc(CO)cc3C2)cc1. The van der Waals surface area contributed by atoms with Crippen LogP contribution in [0.2, 0.25) is 0 Å². The van der Waals surface area contributed by atoms with Gasteiger partial charge in [-0.15, -0.1) is 0 Å². The number of hydrogen-bond donors (Lipinski definition) is 1. The molecule has 0 radical (unpaired) electrons. The van der Waals surface area contributed by atoms with Crippen molar-refractivity contribution in [1.29, 1.82) is 0 Å². The molecule has 0 saturated heterocycles. The van der Waals surface area contributed by atoms with E-state index in [0.717, 1.165) is 36.7 Å². The quantitative estimate of drug-likeness (QED) is 0.890. The first kappa shape index (κ1) is 14.9. The standard InChI is InChI=1S/C18H21NO3/c1-21-17-4-6-18(7-5-17)22-9-8-19-11-15-3-2-14(13-20)10-16(15)12-19/h2-7,10,20H,8-9,11-13H2,1H3. The van der Waals surface area contributed by atoms with Gasteiger partial charge in [-0.1, -0.05) is 18.2 Å².